The number of primary amides is 1. The minimum Gasteiger partial charge on any atom is -0.446 e. The second kappa shape index (κ2) is 8.95. The van der Waals surface area contributed by atoms with Gasteiger partial charge in [0, 0.05) is 12.6 Å². The zero-order valence-corrected chi connectivity index (χ0v) is 15.9. The fourth-order valence-electron chi connectivity index (χ4n) is 2.38. The molecule has 1 unspecified atom stereocenters. The number of nitro benzene ring substituents is 1. The third kappa shape index (κ3) is 6.60. The number of sulfonamides is 1. The molecule has 0 aliphatic heterocycles. The van der Waals surface area contributed by atoms with E-state index in [9.17, 15) is 23.3 Å². The molecule has 0 radical (unpaired) electrons. The van der Waals surface area contributed by atoms with Gasteiger partial charge in [0.2, 0.25) is 10.0 Å². The van der Waals surface area contributed by atoms with E-state index < -0.39 is 26.7 Å². The smallest absolute Gasteiger partial charge is 0.404 e. The quantitative estimate of drug-likeness (QED) is 0.379. The molecule has 3 N–H and O–H groups in total. The lowest BCUT2D eigenvalue weighted by Gasteiger charge is -2.29. The van der Waals surface area contributed by atoms with Crippen molar-refractivity contribution in [1.29, 1.82) is 0 Å². The maximum atomic E-state index is 12.3. The van der Waals surface area contributed by atoms with Gasteiger partial charge in [-0.15, -0.1) is 0 Å². The Kier molecular flexibility index (Phi) is 7.52. The highest BCUT2D eigenvalue weighted by Crippen LogP contribution is 2.26. The molecular weight excluding hydrogens is 362 g/mol. The van der Waals surface area contributed by atoms with Crippen LogP contribution in [0, 0.1) is 15.5 Å². The van der Waals surface area contributed by atoms with Gasteiger partial charge < -0.3 is 10.5 Å². The fourth-order valence-corrected chi connectivity index (χ4v) is 3.63. The highest BCUT2D eigenvalue weighted by atomic mass is 32.2. The third-order valence-corrected chi connectivity index (χ3v) is 5.27. The number of carbonyl (C=O) groups is 1. The average Bonchev–Trinajstić information content (AvgIpc) is 2.52. The Balaban J connectivity index is 2.60. The van der Waals surface area contributed by atoms with Crippen molar-refractivity contribution in [2.24, 2.45) is 11.1 Å². The Hall–Kier alpha value is -2.20. The lowest BCUT2D eigenvalue weighted by molar-refractivity contribution is -0.387. The van der Waals surface area contributed by atoms with E-state index in [1.54, 1.807) is 0 Å². The summed E-state index contributed by atoms with van der Waals surface area (Å²) < 4.78 is 32.0. The van der Waals surface area contributed by atoms with Gasteiger partial charge in [0.05, 0.1) is 4.92 Å². The standard InChI is InChI=1S/C16H25N3O6S/c1-16(2,3)14(25-15(17)20)10-6-7-11-18-26(23,24)13-9-5-4-8-12(13)19(21)22/h4-5,8-9,14,18H,6-7,10-11H2,1-3H3,(H2,17,20). The van der Waals surface area contributed by atoms with Crippen molar-refractivity contribution in [1.82, 2.24) is 4.72 Å². The summed E-state index contributed by atoms with van der Waals surface area (Å²) >= 11 is 0. The normalized spacial score (nSPS) is 13.2. The predicted octanol–water partition coefficient (Wildman–Crippen LogP) is 2.55. The molecule has 0 spiro atoms. The molecule has 0 aliphatic rings. The maximum absolute atomic E-state index is 12.3. The molecule has 1 atom stereocenters. The van der Waals surface area contributed by atoms with Gasteiger partial charge >= 0.3 is 6.09 Å². The van der Waals surface area contributed by atoms with Gasteiger partial charge in [-0.2, -0.15) is 0 Å². The van der Waals surface area contributed by atoms with Crippen LogP contribution in [0.5, 0.6) is 0 Å². The molecule has 9 nitrogen and oxygen atoms in total. The monoisotopic (exact) mass is 387 g/mol. The summed E-state index contributed by atoms with van der Waals surface area (Å²) in [5.41, 5.74) is 4.31. The number of para-hydroxylation sites is 1. The Labute approximate surface area is 153 Å². The summed E-state index contributed by atoms with van der Waals surface area (Å²) in [6, 6.07) is 5.17. The molecule has 1 rings (SSSR count). The number of benzene rings is 1. The highest BCUT2D eigenvalue weighted by Gasteiger charge is 2.27. The van der Waals surface area contributed by atoms with E-state index in [4.69, 9.17) is 10.5 Å². The zero-order valence-electron chi connectivity index (χ0n) is 15.1. The minimum absolute atomic E-state index is 0.113. The summed E-state index contributed by atoms with van der Waals surface area (Å²) in [6.45, 7) is 5.86. The number of hydrogen-bond acceptors (Lipinski definition) is 6. The summed E-state index contributed by atoms with van der Waals surface area (Å²) in [5.74, 6) is 0. The van der Waals surface area contributed by atoms with Crippen molar-refractivity contribution in [2.75, 3.05) is 6.54 Å². The van der Waals surface area contributed by atoms with Crippen LogP contribution >= 0.6 is 0 Å². The molecule has 146 valence electrons. The van der Waals surface area contributed by atoms with Crippen molar-refractivity contribution in [3.8, 4) is 0 Å². The first-order valence-corrected chi connectivity index (χ1v) is 9.62. The largest absolute Gasteiger partial charge is 0.446 e. The number of unbranched alkanes of at least 4 members (excludes halogenated alkanes) is 1. The molecule has 1 amide bonds. The molecule has 0 saturated carbocycles. The highest BCUT2D eigenvalue weighted by molar-refractivity contribution is 7.89. The molecule has 1 aromatic carbocycles. The van der Waals surface area contributed by atoms with Crippen LogP contribution in [0.25, 0.3) is 0 Å². The van der Waals surface area contributed by atoms with Gasteiger partial charge in [-0.05, 0) is 30.7 Å². The van der Waals surface area contributed by atoms with Crippen LogP contribution in [0.4, 0.5) is 10.5 Å². The maximum Gasteiger partial charge on any atom is 0.404 e. The van der Waals surface area contributed by atoms with Gasteiger partial charge in [0.25, 0.3) is 5.69 Å². The SMILES string of the molecule is CC(C)(C)C(CCCCNS(=O)(=O)c1ccccc1[N+](=O)[O-])OC(N)=O. The van der Waals surface area contributed by atoms with Crippen molar-refractivity contribution in [2.45, 2.75) is 51.0 Å². The van der Waals surface area contributed by atoms with Gasteiger partial charge in [0.1, 0.15) is 6.10 Å². The molecule has 0 heterocycles. The van der Waals surface area contributed by atoms with Crippen molar-refractivity contribution >= 4 is 21.8 Å². The number of carbonyl (C=O) groups excluding carboxylic acids is 1. The van der Waals surface area contributed by atoms with Crippen LogP contribution in [-0.4, -0.2) is 32.1 Å². The van der Waals surface area contributed by atoms with Crippen molar-refractivity contribution in [3.05, 3.63) is 34.4 Å². The summed E-state index contributed by atoms with van der Waals surface area (Å²) in [4.78, 5) is 20.8. The van der Waals surface area contributed by atoms with Crippen LogP contribution < -0.4 is 10.5 Å². The van der Waals surface area contributed by atoms with Crippen LogP contribution in [0.2, 0.25) is 0 Å². The van der Waals surface area contributed by atoms with Gasteiger partial charge in [-0.3, -0.25) is 10.1 Å². The van der Waals surface area contributed by atoms with Crippen LogP contribution in [0.15, 0.2) is 29.2 Å². The number of nitrogens with two attached hydrogens (primary N) is 1. The molecule has 26 heavy (non-hydrogen) atoms. The van der Waals surface area contributed by atoms with Gasteiger partial charge in [-0.1, -0.05) is 32.9 Å². The number of nitro groups is 1. The molecule has 0 bridgehead atoms. The molecule has 10 heteroatoms. The number of nitrogens with one attached hydrogen (secondary N) is 1. The number of hydrogen-bond donors (Lipinski definition) is 2. The lowest BCUT2D eigenvalue weighted by atomic mass is 9.86. The molecular formula is C16H25N3O6S. The molecule has 0 aliphatic carbocycles. The van der Waals surface area contributed by atoms with E-state index in [-0.39, 0.29) is 23.0 Å². The minimum atomic E-state index is -3.98. The van der Waals surface area contributed by atoms with E-state index in [1.807, 2.05) is 20.8 Å². The fraction of sp³-hybridized carbons (Fsp3) is 0.562. The number of ether oxygens (including phenoxy) is 1. The van der Waals surface area contributed by atoms with Gasteiger partial charge in [-0.25, -0.2) is 17.9 Å². The van der Waals surface area contributed by atoms with Crippen molar-refractivity contribution < 1.29 is 22.9 Å². The van der Waals surface area contributed by atoms with Crippen molar-refractivity contribution in [3.63, 3.8) is 0 Å². The van der Waals surface area contributed by atoms with Crippen LogP contribution in [0.3, 0.4) is 0 Å². The molecule has 0 aromatic heterocycles. The second-order valence-electron chi connectivity index (χ2n) is 6.91. The van der Waals surface area contributed by atoms with E-state index in [0.29, 0.717) is 19.3 Å². The Morgan fingerprint density at radius 3 is 2.46 bits per heavy atom. The third-order valence-electron chi connectivity index (χ3n) is 3.76. The molecule has 0 fully saturated rings. The lowest BCUT2D eigenvalue weighted by Crippen LogP contribution is -2.34. The average molecular weight is 387 g/mol. The number of rotatable bonds is 9. The van der Waals surface area contributed by atoms with Gasteiger partial charge in [0.15, 0.2) is 4.90 Å². The number of amides is 1. The Morgan fingerprint density at radius 1 is 1.31 bits per heavy atom. The van der Waals surface area contributed by atoms with E-state index >= 15 is 0 Å². The number of nitrogens with zero attached hydrogens (tertiary/aromatic N) is 1. The van der Waals surface area contributed by atoms with E-state index in [0.717, 1.165) is 6.07 Å². The summed E-state index contributed by atoms with van der Waals surface area (Å²) in [7, 11) is -3.98. The first-order chi connectivity index (χ1) is 11.9. The first kappa shape index (κ1) is 21.8. The van der Waals surface area contributed by atoms with E-state index in [1.165, 1.54) is 18.2 Å². The second-order valence-corrected chi connectivity index (χ2v) is 8.65. The van der Waals surface area contributed by atoms with E-state index in [2.05, 4.69) is 4.72 Å². The molecule has 1 aromatic rings. The first-order valence-electron chi connectivity index (χ1n) is 8.14. The molecule has 0 saturated heterocycles. The summed E-state index contributed by atoms with van der Waals surface area (Å²) in [6.07, 6.45) is 0.372. The summed E-state index contributed by atoms with van der Waals surface area (Å²) in [5, 5.41) is 11.0. The Morgan fingerprint density at radius 2 is 1.92 bits per heavy atom. The Bertz CT molecular complexity index is 743. The zero-order chi connectivity index (χ0) is 20.0. The predicted molar refractivity (Wildman–Crippen MR) is 96.0 cm³/mol. The van der Waals surface area contributed by atoms with Crippen LogP contribution in [0.1, 0.15) is 40.0 Å². The topological polar surface area (TPSA) is 142 Å². The van der Waals surface area contributed by atoms with Crippen LogP contribution in [-0.2, 0) is 14.8 Å².